The number of rotatable bonds is 0. The molecule has 0 radical (unpaired) electrons. The predicted molar refractivity (Wildman–Crippen MR) is 132 cm³/mol. The Balaban J connectivity index is 1.55. The minimum atomic E-state index is -0.555. The van der Waals surface area contributed by atoms with Crippen molar-refractivity contribution in [3.05, 3.63) is 0 Å². The molecule has 0 aromatic heterocycles. The molecule has 2 heteroatoms. The van der Waals surface area contributed by atoms with Crippen molar-refractivity contribution in [2.45, 2.75) is 132 Å². The average molecular weight is 445 g/mol. The van der Waals surface area contributed by atoms with Gasteiger partial charge in [0, 0.05) is 0 Å². The highest BCUT2D eigenvalue weighted by Crippen LogP contribution is 2.78. The summed E-state index contributed by atoms with van der Waals surface area (Å²) >= 11 is 0. The molecule has 0 saturated heterocycles. The van der Waals surface area contributed by atoms with E-state index in [1.54, 1.807) is 0 Å². The molecular formula is C30H52O2. The van der Waals surface area contributed by atoms with Gasteiger partial charge in [-0.3, -0.25) is 0 Å². The van der Waals surface area contributed by atoms with Gasteiger partial charge in [0.15, 0.2) is 0 Å². The van der Waals surface area contributed by atoms with E-state index < -0.39 is 12.2 Å². The summed E-state index contributed by atoms with van der Waals surface area (Å²) in [4.78, 5) is 0. The smallest absolute Gasteiger partial charge is 0.0829 e. The van der Waals surface area contributed by atoms with Crippen LogP contribution in [0.5, 0.6) is 0 Å². The molecule has 0 aliphatic heterocycles. The zero-order chi connectivity index (χ0) is 23.5. The van der Waals surface area contributed by atoms with Crippen LogP contribution in [0.4, 0.5) is 0 Å². The molecule has 0 aromatic carbocycles. The van der Waals surface area contributed by atoms with Crippen LogP contribution in [0.2, 0.25) is 0 Å². The van der Waals surface area contributed by atoms with E-state index in [-0.39, 0.29) is 16.7 Å². The van der Waals surface area contributed by atoms with E-state index in [0.29, 0.717) is 27.6 Å². The first-order valence-corrected chi connectivity index (χ1v) is 14.0. The van der Waals surface area contributed by atoms with Crippen molar-refractivity contribution >= 4 is 0 Å². The molecule has 184 valence electrons. The summed E-state index contributed by atoms with van der Waals surface area (Å²) in [5.41, 5.74) is 2.27. The summed E-state index contributed by atoms with van der Waals surface area (Å²) in [5, 5.41) is 21.6. The number of hydrogen-bond acceptors (Lipinski definition) is 2. The minimum absolute atomic E-state index is 0.157. The highest BCUT2D eigenvalue weighted by Gasteiger charge is 2.71. The van der Waals surface area contributed by atoms with Crippen LogP contribution in [0.15, 0.2) is 0 Å². The van der Waals surface area contributed by atoms with E-state index in [9.17, 15) is 10.2 Å². The van der Waals surface area contributed by atoms with Gasteiger partial charge in [-0.25, -0.2) is 0 Å². The number of fused-ring (bicyclic) bond motifs is 7. The number of aliphatic hydroxyl groups excluding tert-OH is 2. The van der Waals surface area contributed by atoms with Crippen molar-refractivity contribution in [2.75, 3.05) is 0 Å². The van der Waals surface area contributed by atoms with Crippen molar-refractivity contribution in [2.24, 2.45) is 56.2 Å². The zero-order valence-corrected chi connectivity index (χ0v) is 22.4. The van der Waals surface area contributed by atoms with E-state index in [0.717, 1.165) is 18.3 Å². The molecule has 5 fully saturated rings. The van der Waals surface area contributed by atoms with Crippen LogP contribution in [0.1, 0.15) is 120 Å². The first kappa shape index (κ1) is 23.7. The van der Waals surface area contributed by atoms with E-state index in [1.165, 1.54) is 57.8 Å². The van der Waals surface area contributed by atoms with Crippen LogP contribution >= 0.6 is 0 Å². The fourth-order valence-corrected chi connectivity index (χ4v) is 11.3. The summed E-state index contributed by atoms with van der Waals surface area (Å²) in [6.07, 6.45) is 11.9. The Morgan fingerprint density at radius 2 is 1.22 bits per heavy atom. The Kier molecular flexibility index (Phi) is 5.01. The van der Waals surface area contributed by atoms with Gasteiger partial charge in [-0.1, -0.05) is 55.4 Å². The standard InChI is InChI=1S/C30H52O2/c1-19-24(32)20(31)17-22-27(19,5)10-9-21-28(22,6)14-16-30(8)23-18-25(2,3)11-12-26(23,4)13-15-29(21,30)7/h19-24,31-32H,9-18H2,1-8H3/t19-,20+,21-,22+,23-,24-,26+,27+,28+,29+,30-/m0/s1. The monoisotopic (exact) mass is 444 g/mol. The van der Waals surface area contributed by atoms with Gasteiger partial charge >= 0.3 is 0 Å². The Morgan fingerprint density at radius 3 is 1.91 bits per heavy atom. The number of aliphatic hydroxyl groups is 2. The average Bonchev–Trinajstić information content (AvgIpc) is 2.72. The largest absolute Gasteiger partial charge is 0.390 e. The Bertz CT molecular complexity index is 775. The van der Waals surface area contributed by atoms with Crippen LogP contribution < -0.4 is 0 Å². The molecule has 11 atom stereocenters. The maximum Gasteiger partial charge on any atom is 0.0829 e. The molecule has 0 amide bonds. The minimum Gasteiger partial charge on any atom is -0.390 e. The molecule has 2 N–H and O–H groups in total. The molecule has 5 rings (SSSR count). The summed E-state index contributed by atoms with van der Waals surface area (Å²) in [5.74, 6) is 2.30. The zero-order valence-electron chi connectivity index (χ0n) is 22.4. The molecule has 2 nitrogen and oxygen atoms in total. The lowest BCUT2D eigenvalue weighted by atomic mass is 9.30. The molecule has 0 spiro atoms. The molecule has 0 aromatic rings. The number of hydrogen-bond donors (Lipinski definition) is 2. The van der Waals surface area contributed by atoms with Crippen LogP contribution in [-0.4, -0.2) is 22.4 Å². The molecule has 5 aliphatic carbocycles. The molecule has 0 bridgehead atoms. The van der Waals surface area contributed by atoms with E-state index in [4.69, 9.17) is 0 Å². The van der Waals surface area contributed by atoms with Gasteiger partial charge in [0.2, 0.25) is 0 Å². The van der Waals surface area contributed by atoms with Crippen LogP contribution in [0, 0.1) is 56.2 Å². The van der Waals surface area contributed by atoms with E-state index in [2.05, 4.69) is 55.4 Å². The fraction of sp³-hybridized carbons (Fsp3) is 1.00. The van der Waals surface area contributed by atoms with E-state index in [1.807, 2.05) is 0 Å². The lowest BCUT2D eigenvalue weighted by molar-refractivity contribution is -0.270. The molecule has 5 aliphatic rings. The molecule has 0 heterocycles. The Morgan fingerprint density at radius 1 is 0.625 bits per heavy atom. The second-order valence-electron chi connectivity index (χ2n) is 15.6. The third-order valence-electron chi connectivity index (χ3n) is 14.0. The topological polar surface area (TPSA) is 40.5 Å². The first-order chi connectivity index (χ1) is 14.6. The fourth-order valence-electron chi connectivity index (χ4n) is 11.3. The van der Waals surface area contributed by atoms with Gasteiger partial charge in [-0.15, -0.1) is 0 Å². The lowest BCUT2D eigenvalue weighted by Gasteiger charge is -2.75. The van der Waals surface area contributed by atoms with Gasteiger partial charge in [0.1, 0.15) is 0 Å². The molecular weight excluding hydrogens is 392 g/mol. The van der Waals surface area contributed by atoms with Crippen molar-refractivity contribution in [1.82, 2.24) is 0 Å². The summed E-state index contributed by atoms with van der Waals surface area (Å²) in [7, 11) is 0. The molecule has 0 unspecified atom stereocenters. The van der Waals surface area contributed by atoms with Crippen LogP contribution in [-0.2, 0) is 0 Å². The van der Waals surface area contributed by atoms with Crippen LogP contribution in [0.25, 0.3) is 0 Å². The highest BCUT2D eigenvalue weighted by atomic mass is 16.3. The second-order valence-corrected chi connectivity index (χ2v) is 15.6. The van der Waals surface area contributed by atoms with Crippen molar-refractivity contribution in [3.8, 4) is 0 Å². The molecule has 5 saturated carbocycles. The van der Waals surface area contributed by atoms with Gasteiger partial charge in [-0.05, 0) is 120 Å². The van der Waals surface area contributed by atoms with Crippen molar-refractivity contribution in [1.29, 1.82) is 0 Å². The maximum atomic E-state index is 10.8. The predicted octanol–water partition coefficient (Wildman–Crippen LogP) is 7.22. The highest BCUT2D eigenvalue weighted by molar-refractivity contribution is 5.20. The first-order valence-electron chi connectivity index (χ1n) is 14.0. The van der Waals surface area contributed by atoms with Gasteiger partial charge < -0.3 is 10.2 Å². The SMILES string of the molecule is C[C@H]1[C@H](O)[C@H](O)C[C@@H]2[C@]1(C)CC[C@H]1[C@@]2(C)CC[C@@]2(C)[C@H]3CC(C)(C)CC[C@]3(C)CC[C@]12C. The quantitative estimate of drug-likeness (QED) is 0.414. The van der Waals surface area contributed by atoms with E-state index >= 15 is 0 Å². The summed E-state index contributed by atoms with van der Waals surface area (Å²) in [6.45, 7) is 20.4. The third-order valence-corrected chi connectivity index (χ3v) is 14.0. The summed E-state index contributed by atoms with van der Waals surface area (Å²) in [6, 6.07) is 0. The van der Waals surface area contributed by atoms with Gasteiger partial charge in [0.25, 0.3) is 0 Å². The Labute approximate surface area is 198 Å². The third kappa shape index (κ3) is 2.78. The maximum absolute atomic E-state index is 10.8. The molecule has 32 heavy (non-hydrogen) atoms. The Hall–Kier alpha value is -0.0800. The van der Waals surface area contributed by atoms with Crippen LogP contribution in [0.3, 0.4) is 0 Å². The second kappa shape index (κ2) is 6.77. The van der Waals surface area contributed by atoms with Gasteiger partial charge in [-0.2, -0.15) is 0 Å². The van der Waals surface area contributed by atoms with Crippen molar-refractivity contribution < 1.29 is 10.2 Å². The van der Waals surface area contributed by atoms with Gasteiger partial charge in [0.05, 0.1) is 12.2 Å². The lowest BCUT2D eigenvalue weighted by Crippen LogP contribution is -2.68. The summed E-state index contributed by atoms with van der Waals surface area (Å²) < 4.78 is 0. The van der Waals surface area contributed by atoms with Crippen molar-refractivity contribution in [3.63, 3.8) is 0 Å². The normalized spacial score (nSPS) is 61.7.